The van der Waals surface area contributed by atoms with Crippen LogP contribution in [-0.2, 0) is 23.7 Å². The first kappa shape index (κ1) is 39.9. The van der Waals surface area contributed by atoms with Crippen LogP contribution in [0.2, 0.25) is 0 Å². The van der Waals surface area contributed by atoms with Crippen molar-refractivity contribution in [2.45, 2.75) is 127 Å². The number of carbonyl (C=O) groups is 3. The highest BCUT2D eigenvalue weighted by Crippen LogP contribution is 2.64. The number of ether oxygens (including phenoxy) is 4. The van der Waals surface area contributed by atoms with E-state index in [-0.39, 0.29) is 35.5 Å². The van der Waals surface area contributed by atoms with Gasteiger partial charge in [-0.1, -0.05) is 39.0 Å². The third-order valence-corrected chi connectivity index (χ3v) is 12.2. The van der Waals surface area contributed by atoms with Gasteiger partial charge in [-0.15, -0.1) is 0 Å². The predicted octanol–water partition coefficient (Wildman–Crippen LogP) is 2.07. The number of rotatable bonds is 7. The van der Waals surface area contributed by atoms with Crippen molar-refractivity contribution in [3.8, 4) is 0 Å². The Hall–Kier alpha value is -3.83. The molecule has 1 aromatic heterocycles. The number of furan rings is 1. The van der Waals surface area contributed by atoms with Gasteiger partial charge in [0.05, 0.1) is 36.7 Å². The molecule has 2 bridgehead atoms. The summed E-state index contributed by atoms with van der Waals surface area (Å²) in [4.78, 5) is 40.6. The molecule has 3 fully saturated rings. The van der Waals surface area contributed by atoms with Gasteiger partial charge in [0, 0.05) is 29.6 Å². The zero-order valence-corrected chi connectivity index (χ0v) is 31.4. The normalized spacial score (nSPS) is 36.9. The summed E-state index contributed by atoms with van der Waals surface area (Å²) in [5, 5.41) is 75.2. The second-order valence-corrected chi connectivity index (χ2v) is 16.8. The van der Waals surface area contributed by atoms with Gasteiger partial charge in [-0.3, -0.25) is 0 Å². The molecule has 0 radical (unpaired) electrons. The first-order chi connectivity index (χ1) is 25.1. The second-order valence-electron chi connectivity index (χ2n) is 16.8. The molecular formula is C39H51NO14. The maximum absolute atomic E-state index is 13.9. The van der Waals surface area contributed by atoms with Gasteiger partial charge >= 0.3 is 18.0 Å². The number of alkyl carbamates (subject to hydrolysis) is 1. The van der Waals surface area contributed by atoms with Crippen molar-refractivity contribution in [3.05, 3.63) is 71.2 Å². The molecular weight excluding hydrogens is 706 g/mol. The summed E-state index contributed by atoms with van der Waals surface area (Å²) in [6.07, 6.45) is -11.4. The topological polar surface area (TPSA) is 235 Å². The van der Waals surface area contributed by atoms with Crippen molar-refractivity contribution >= 4 is 18.0 Å². The Balaban J connectivity index is 1.44. The maximum atomic E-state index is 13.9. The third-order valence-electron chi connectivity index (χ3n) is 12.2. The van der Waals surface area contributed by atoms with Crippen molar-refractivity contribution in [1.29, 1.82) is 0 Å². The smallest absolute Gasteiger partial charge is 0.408 e. The molecule has 0 spiro atoms. The highest BCUT2D eigenvalue weighted by Gasteiger charge is 2.76. The van der Waals surface area contributed by atoms with Crippen molar-refractivity contribution in [2.75, 3.05) is 6.61 Å². The lowest BCUT2D eigenvalue weighted by Gasteiger charge is -2.68. The van der Waals surface area contributed by atoms with E-state index in [1.807, 2.05) is 0 Å². The molecule has 54 heavy (non-hydrogen) atoms. The molecule has 15 heteroatoms. The SMILES string of the molecule is CC1=C2[C@@H](O)[C@@H](O)[C@@]3(C)[C@H]([C@H](OC(=O)c4ccccc4)[C@](O)(CC1OC(=O)[C@H](O)[C@@H](NC(=O)OC(C)(C)C)c1ccco1)C2(C)C)[C@]1(O)CO[C@@H]1C[C@@H]3O. The number of esters is 2. The van der Waals surface area contributed by atoms with Gasteiger partial charge in [0.2, 0.25) is 0 Å². The maximum Gasteiger partial charge on any atom is 0.408 e. The lowest BCUT2D eigenvalue weighted by molar-refractivity contribution is -0.363. The Bertz CT molecular complexity index is 1770. The van der Waals surface area contributed by atoms with Gasteiger partial charge in [-0.25, -0.2) is 14.4 Å². The molecule has 1 aromatic carbocycles. The van der Waals surface area contributed by atoms with Crippen LogP contribution >= 0.6 is 0 Å². The van der Waals surface area contributed by atoms with Crippen molar-refractivity contribution in [1.82, 2.24) is 5.32 Å². The highest BCUT2D eigenvalue weighted by atomic mass is 16.6. The van der Waals surface area contributed by atoms with E-state index >= 15 is 0 Å². The Morgan fingerprint density at radius 2 is 1.65 bits per heavy atom. The van der Waals surface area contributed by atoms with Crippen LogP contribution in [0.25, 0.3) is 0 Å². The van der Waals surface area contributed by atoms with E-state index in [0.717, 1.165) is 0 Å². The average molecular weight is 758 g/mol. The third kappa shape index (κ3) is 6.33. The monoisotopic (exact) mass is 757 g/mol. The fraction of sp³-hybridized carbons (Fsp3) is 0.615. The molecule has 4 aliphatic rings. The van der Waals surface area contributed by atoms with Crippen LogP contribution in [0.1, 0.15) is 83.5 Å². The molecule has 1 amide bonds. The molecule has 2 saturated carbocycles. The van der Waals surface area contributed by atoms with Crippen LogP contribution in [0, 0.1) is 16.7 Å². The van der Waals surface area contributed by atoms with E-state index in [4.69, 9.17) is 23.4 Å². The molecule has 1 saturated heterocycles. The minimum Gasteiger partial charge on any atom is -0.467 e. The fourth-order valence-electron chi connectivity index (χ4n) is 9.15. The van der Waals surface area contributed by atoms with Gasteiger partial charge in [0.15, 0.2) is 6.10 Å². The summed E-state index contributed by atoms with van der Waals surface area (Å²) in [7, 11) is 0. The molecule has 1 unspecified atom stereocenters. The molecule has 2 heterocycles. The van der Waals surface area contributed by atoms with E-state index in [1.165, 1.54) is 44.4 Å². The first-order valence-electron chi connectivity index (χ1n) is 18.1. The summed E-state index contributed by atoms with van der Waals surface area (Å²) in [5.41, 5.74) is -8.00. The van der Waals surface area contributed by atoms with Crippen LogP contribution < -0.4 is 5.32 Å². The van der Waals surface area contributed by atoms with Gasteiger partial charge in [-0.2, -0.15) is 0 Å². The van der Waals surface area contributed by atoms with Gasteiger partial charge in [-0.05, 0) is 63.1 Å². The zero-order valence-electron chi connectivity index (χ0n) is 31.4. The average Bonchev–Trinajstić information content (AvgIpc) is 3.63. The summed E-state index contributed by atoms with van der Waals surface area (Å²) >= 11 is 0. The number of hydrogen-bond acceptors (Lipinski definition) is 14. The van der Waals surface area contributed by atoms with Crippen LogP contribution in [-0.4, -0.2) is 115 Å². The van der Waals surface area contributed by atoms with E-state index in [9.17, 15) is 45.0 Å². The highest BCUT2D eigenvalue weighted by molar-refractivity contribution is 5.89. The van der Waals surface area contributed by atoms with Crippen LogP contribution in [0.3, 0.4) is 0 Å². The zero-order chi connectivity index (χ0) is 39.8. The summed E-state index contributed by atoms with van der Waals surface area (Å²) in [6.45, 7) is 10.8. The molecule has 2 aromatic rings. The second kappa shape index (κ2) is 13.7. The van der Waals surface area contributed by atoms with Crippen LogP contribution in [0.5, 0.6) is 0 Å². The summed E-state index contributed by atoms with van der Waals surface area (Å²) in [5.74, 6) is -3.57. The molecule has 296 valence electrons. The minimum atomic E-state index is -2.28. The fourth-order valence-corrected chi connectivity index (χ4v) is 9.15. The minimum absolute atomic E-state index is 0.000962. The Kier molecular flexibility index (Phi) is 10.1. The number of benzene rings is 1. The quantitative estimate of drug-likeness (QED) is 0.122. The van der Waals surface area contributed by atoms with E-state index < -0.39 is 107 Å². The number of aliphatic hydroxyl groups excluding tert-OH is 4. The molecule has 15 nitrogen and oxygen atoms in total. The predicted molar refractivity (Wildman–Crippen MR) is 187 cm³/mol. The summed E-state index contributed by atoms with van der Waals surface area (Å²) in [6, 6.07) is 9.37. The lowest BCUT2D eigenvalue weighted by atomic mass is 9.44. The van der Waals surface area contributed by atoms with Gasteiger partial charge in [0.1, 0.15) is 46.9 Å². The Morgan fingerprint density at radius 1 is 0.981 bits per heavy atom. The standard InChI is InChI=1S/C39H51NO14/c1-19-22(52-33(46)28(43)26(21-14-11-15-50-21)40-34(47)54-35(2,3)4)17-39(49)31(53-32(45)20-12-9-8-10-13-20)29-37(7,23(41)16-24-38(29,48)18-51-24)30(44)27(42)25(19)36(39,5)6/h8-15,22-24,26-31,41-44,48-49H,16-18H2,1-7H3,(H,40,47)/t22?,23-,24+,26-,27+,28+,29-,30+,31-,37+,38-,39+/m0/s1. The van der Waals surface area contributed by atoms with Crippen LogP contribution in [0.15, 0.2) is 64.3 Å². The number of fused-ring (bicyclic) bond motifs is 5. The number of hydrogen-bond donors (Lipinski definition) is 7. The first-order valence-corrected chi connectivity index (χ1v) is 18.1. The molecule has 6 rings (SSSR count). The van der Waals surface area contributed by atoms with Crippen molar-refractivity contribution in [3.63, 3.8) is 0 Å². The van der Waals surface area contributed by atoms with E-state index in [2.05, 4.69) is 5.32 Å². The molecule has 12 atom stereocenters. The van der Waals surface area contributed by atoms with E-state index in [1.54, 1.807) is 52.8 Å². The Labute approximate surface area is 312 Å². The largest absolute Gasteiger partial charge is 0.467 e. The molecule has 1 aliphatic heterocycles. The van der Waals surface area contributed by atoms with Crippen molar-refractivity contribution < 1.29 is 68.4 Å². The number of aliphatic hydroxyl groups is 6. The number of nitrogens with one attached hydrogen (secondary N) is 1. The van der Waals surface area contributed by atoms with Gasteiger partial charge in [0.25, 0.3) is 0 Å². The summed E-state index contributed by atoms with van der Waals surface area (Å²) < 4.78 is 28.5. The van der Waals surface area contributed by atoms with Crippen LogP contribution in [0.4, 0.5) is 4.79 Å². The lowest BCUT2D eigenvalue weighted by Crippen LogP contribution is -2.81. The number of carbonyl (C=O) groups excluding carboxylic acids is 3. The Morgan fingerprint density at radius 3 is 2.22 bits per heavy atom. The number of amides is 1. The van der Waals surface area contributed by atoms with Crippen molar-refractivity contribution in [2.24, 2.45) is 16.7 Å². The van der Waals surface area contributed by atoms with E-state index in [0.29, 0.717) is 0 Å². The molecule has 7 N–H and O–H groups in total. The molecule has 3 aliphatic carbocycles. The van der Waals surface area contributed by atoms with Gasteiger partial charge < -0.3 is 59.3 Å².